The molecule has 10 heteroatoms. The van der Waals surface area contributed by atoms with E-state index in [9.17, 15) is 35.9 Å². The van der Waals surface area contributed by atoms with Crippen molar-refractivity contribution in [2.24, 2.45) is 0 Å². The Hall–Kier alpha value is -2.00. The Morgan fingerprint density at radius 2 is 1.30 bits per heavy atom. The zero-order chi connectivity index (χ0) is 18.8. The number of hydrogen-bond acceptors (Lipinski definition) is 4. The fraction of sp³-hybridized carbons (Fsp3) is 0.538. The summed E-state index contributed by atoms with van der Waals surface area (Å²) in [6, 6.07) is 0. The molecule has 4 nitrogen and oxygen atoms in total. The fourth-order valence-corrected chi connectivity index (χ4v) is 1.05. The van der Waals surface area contributed by atoms with E-state index in [-0.39, 0.29) is 6.92 Å². The van der Waals surface area contributed by atoms with E-state index in [2.05, 4.69) is 22.6 Å². The molecule has 132 valence electrons. The highest BCUT2D eigenvalue weighted by Crippen LogP contribution is 2.48. The van der Waals surface area contributed by atoms with Crippen LogP contribution in [0, 0.1) is 0 Å². The first-order valence-corrected chi connectivity index (χ1v) is 5.96. The second-order valence-electron chi connectivity index (χ2n) is 4.71. The average molecular weight is 348 g/mol. The van der Waals surface area contributed by atoms with Crippen LogP contribution in [-0.2, 0) is 19.1 Å². The van der Waals surface area contributed by atoms with Gasteiger partial charge in [0, 0.05) is 11.1 Å². The van der Waals surface area contributed by atoms with Gasteiger partial charge in [0.2, 0.25) is 0 Å². The van der Waals surface area contributed by atoms with Crippen LogP contribution >= 0.6 is 0 Å². The summed E-state index contributed by atoms with van der Waals surface area (Å²) in [5.41, 5.74) is -1.11. The highest BCUT2D eigenvalue weighted by Gasteiger charge is 2.77. The van der Waals surface area contributed by atoms with E-state index < -0.39 is 47.1 Å². The molecular formula is C13H14F6O4. The zero-order valence-electron chi connectivity index (χ0n) is 12.4. The Kier molecular flexibility index (Phi) is 6.05. The maximum Gasteiger partial charge on any atom is 0.473 e. The molecule has 0 aromatic rings. The van der Waals surface area contributed by atoms with E-state index in [0.29, 0.717) is 0 Å². The van der Waals surface area contributed by atoms with E-state index in [4.69, 9.17) is 0 Å². The summed E-state index contributed by atoms with van der Waals surface area (Å²) in [7, 11) is 0. The molecule has 0 aromatic heterocycles. The third-order valence-corrected chi connectivity index (χ3v) is 2.50. The van der Waals surface area contributed by atoms with Crippen LogP contribution in [0.25, 0.3) is 0 Å². The van der Waals surface area contributed by atoms with Gasteiger partial charge in [-0.15, -0.1) is 0 Å². The summed E-state index contributed by atoms with van der Waals surface area (Å²) >= 11 is 0. The van der Waals surface area contributed by atoms with E-state index >= 15 is 0 Å². The lowest BCUT2D eigenvalue weighted by atomic mass is 10.1. The summed E-state index contributed by atoms with van der Waals surface area (Å²) < 4.78 is 87.8. The number of ether oxygens (including phenoxy) is 2. The van der Waals surface area contributed by atoms with Crippen molar-refractivity contribution in [2.45, 2.75) is 44.8 Å². The summed E-state index contributed by atoms with van der Waals surface area (Å²) in [6.07, 6.45) is -8.81. The van der Waals surface area contributed by atoms with Crippen molar-refractivity contribution in [1.82, 2.24) is 0 Å². The molecule has 1 unspecified atom stereocenters. The standard InChI is InChI=1S/C13H14F6O4/c1-6(2)9(20)22-8(5)11(14,15)12(16,17)13(18,19)23-10(21)7(3)4/h8H,1,3H2,2,4-5H3. The molecule has 0 heterocycles. The molecule has 0 saturated carbocycles. The van der Waals surface area contributed by atoms with Crippen molar-refractivity contribution in [3.8, 4) is 0 Å². The van der Waals surface area contributed by atoms with Crippen molar-refractivity contribution in [1.29, 1.82) is 0 Å². The second kappa shape index (κ2) is 6.63. The Labute approximate surface area is 127 Å². The lowest BCUT2D eigenvalue weighted by Gasteiger charge is -2.34. The molecule has 0 aliphatic carbocycles. The van der Waals surface area contributed by atoms with E-state index in [1.54, 1.807) is 0 Å². The zero-order valence-corrected chi connectivity index (χ0v) is 12.4. The molecule has 0 radical (unpaired) electrons. The van der Waals surface area contributed by atoms with Crippen LogP contribution in [0.2, 0.25) is 0 Å². The summed E-state index contributed by atoms with van der Waals surface area (Å²) in [5, 5.41) is 0. The van der Waals surface area contributed by atoms with Crippen LogP contribution in [0.4, 0.5) is 26.3 Å². The first-order valence-electron chi connectivity index (χ1n) is 5.96. The maximum atomic E-state index is 13.6. The molecule has 0 aromatic carbocycles. The van der Waals surface area contributed by atoms with Gasteiger partial charge < -0.3 is 9.47 Å². The summed E-state index contributed by atoms with van der Waals surface area (Å²) in [5.74, 6) is -15.2. The molecule has 0 aliphatic heterocycles. The normalized spacial score (nSPS) is 14.0. The Morgan fingerprint density at radius 3 is 1.65 bits per heavy atom. The van der Waals surface area contributed by atoms with Gasteiger partial charge in [-0.05, 0) is 20.8 Å². The van der Waals surface area contributed by atoms with Gasteiger partial charge in [-0.3, -0.25) is 0 Å². The van der Waals surface area contributed by atoms with Crippen LogP contribution in [0.15, 0.2) is 24.3 Å². The van der Waals surface area contributed by atoms with Gasteiger partial charge in [0.25, 0.3) is 0 Å². The summed E-state index contributed by atoms with van der Waals surface area (Å²) in [6.45, 7) is 8.06. The van der Waals surface area contributed by atoms with Crippen molar-refractivity contribution in [2.75, 3.05) is 0 Å². The molecule has 0 aliphatic rings. The average Bonchev–Trinajstić information content (AvgIpc) is 2.36. The van der Waals surface area contributed by atoms with E-state index in [1.807, 2.05) is 0 Å². The molecule has 0 fully saturated rings. The molecular weight excluding hydrogens is 334 g/mol. The minimum atomic E-state index is -6.15. The number of esters is 2. The number of alkyl halides is 6. The lowest BCUT2D eigenvalue weighted by molar-refractivity contribution is -0.395. The van der Waals surface area contributed by atoms with Crippen molar-refractivity contribution >= 4 is 11.9 Å². The molecule has 0 rings (SSSR count). The SMILES string of the molecule is C=C(C)C(=O)OC(C)C(F)(F)C(F)(F)C(F)(F)OC(=O)C(=C)C. The van der Waals surface area contributed by atoms with Gasteiger partial charge >= 0.3 is 29.9 Å². The summed E-state index contributed by atoms with van der Waals surface area (Å²) in [4.78, 5) is 22.0. The predicted octanol–water partition coefficient (Wildman–Crippen LogP) is 3.48. The highest BCUT2D eigenvalue weighted by atomic mass is 19.3. The first-order chi connectivity index (χ1) is 10.1. The van der Waals surface area contributed by atoms with Crippen LogP contribution in [-0.4, -0.2) is 36.0 Å². The maximum absolute atomic E-state index is 13.6. The molecule has 23 heavy (non-hydrogen) atoms. The first kappa shape index (κ1) is 21.0. The van der Waals surface area contributed by atoms with Gasteiger partial charge in [-0.2, -0.15) is 26.3 Å². The molecule has 0 spiro atoms. The van der Waals surface area contributed by atoms with Gasteiger partial charge in [-0.1, -0.05) is 13.2 Å². The molecule has 0 amide bonds. The molecule has 1 atom stereocenters. The lowest BCUT2D eigenvalue weighted by Crippen LogP contribution is -2.60. The van der Waals surface area contributed by atoms with Gasteiger partial charge in [0.1, 0.15) is 0 Å². The Bertz CT molecular complexity index is 527. The number of rotatable bonds is 7. The fourth-order valence-electron chi connectivity index (χ4n) is 1.05. The Morgan fingerprint density at radius 1 is 0.913 bits per heavy atom. The Balaban J connectivity index is 5.50. The van der Waals surface area contributed by atoms with Gasteiger partial charge in [0.15, 0.2) is 6.10 Å². The van der Waals surface area contributed by atoms with E-state index in [0.717, 1.165) is 13.8 Å². The number of halogens is 6. The number of carbonyl (C=O) groups is 2. The van der Waals surface area contributed by atoms with Crippen LogP contribution in [0.1, 0.15) is 20.8 Å². The second-order valence-corrected chi connectivity index (χ2v) is 4.71. The molecule has 0 saturated heterocycles. The largest absolute Gasteiger partial charge is 0.473 e. The smallest absolute Gasteiger partial charge is 0.453 e. The minimum Gasteiger partial charge on any atom is -0.453 e. The third-order valence-electron chi connectivity index (χ3n) is 2.50. The van der Waals surface area contributed by atoms with E-state index in [1.165, 1.54) is 0 Å². The highest BCUT2D eigenvalue weighted by molar-refractivity contribution is 5.87. The van der Waals surface area contributed by atoms with Crippen molar-refractivity contribution in [3.63, 3.8) is 0 Å². The topological polar surface area (TPSA) is 52.6 Å². The quantitative estimate of drug-likeness (QED) is 0.402. The number of carbonyl (C=O) groups excluding carboxylic acids is 2. The van der Waals surface area contributed by atoms with Gasteiger partial charge in [-0.25, -0.2) is 9.59 Å². The van der Waals surface area contributed by atoms with Crippen LogP contribution < -0.4 is 0 Å². The molecule has 0 bridgehead atoms. The van der Waals surface area contributed by atoms with Crippen LogP contribution in [0.5, 0.6) is 0 Å². The monoisotopic (exact) mass is 348 g/mol. The van der Waals surface area contributed by atoms with Crippen LogP contribution in [0.3, 0.4) is 0 Å². The predicted molar refractivity (Wildman–Crippen MR) is 66.1 cm³/mol. The minimum absolute atomic E-state index is 0.283. The third kappa shape index (κ3) is 4.26. The number of hydrogen-bond donors (Lipinski definition) is 0. The van der Waals surface area contributed by atoms with Crippen molar-refractivity contribution in [3.05, 3.63) is 24.3 Å². The van der Waals surface area contributed by atoms with Gasteiger partial charge in [0.05, 0.1) is 0 Å². The van der Waals surface area contributed by atoms with Crippen molar-refractivity contribution < 1.29 is 45.4 Å². The molecule has 0 N–H and O–H groups in total.